The standard InChI is InChI=1S/C27H28N6O3S2/c1-16-11-20(30-21(12-16)23-4-3-22(37-23)17(2)34)15-28-14-18-6-9-33(10-7-18)26-29-8-5-19(31-26)13-24-25(35)32-27(36)38-24/h3-5,8,11-13,18,28H,6-7,9-10,14-15H2,1-2H3,(H,32,35,36)/b24-13+. The molecule has 5 rings (SSSR count). The number of hydrogen-bond acceptors (Lipinski definition) is 10. The number of aromatic nitrogens is 3. The van der Waals surface area contributed by atoms with Gasteiger partial charge in [0.15, 0.2) is 5.78 Å². The van der Waals surface area contributed by atoms with Gasteiger partial charge in [-0.05, 0) is 92.9 Å². The molecule has 2 fully saturated rings. The van der Waals surface area contributed by atoms with E-state index < -0.39 is 0 Å². The van der Waals surface area contributed by atoms with Gasteiger partial charge in [0.1, 0.15) is 0 Å². The lowest BCUT2D eigenvalue weighted by molar-refractivity contribution is -0.115. The molecule has 2 aliphatic rings. The lowest BCUT2D eigenvalue weighted by Gasteiger charge is -2.32. The monoisotopic (exact) mass is 548 g/mol. The van der Waals surface area contributed by atoms with Crippen molar-refractivity contribution in [1.82, 2.24) is 25.6 Å². The van der Waals surface area contributed by atoms with Crippen LogP contribution in [0.1, 0.15) is 46.4 Å². The Labute approximate surface area is 229 Å². The predicted molar refractivity (Wildman–Crippen MR) is 150 cm³/mol. The molecule has 0 aromatic carbocycles. The van der Waals surface area contributed by atoms with Crippen LogP contribution >= 0.6 is 23.1 Å². The summed E-state index contributed by atoms with van der Waals surface area (Å²) in [6.07, 6.45) is 5.34. The second kappa shape index (κ2) is 11.5. The van der Waals surface area contributed by atoms with E-state index in [1.54, 1.807) is 25.3 Å². The molecule has 196 valence electrons. The predicted octanol–water partition coefficient (Wildman–Crippen LogP) is 4.44. The third-order valence-corrected chi connectivity index (χ3v) is 8.47. The first-order chi connectivity index (χ1) is 18.3. The van der Waals surface area contributed by atoms with E-state index in [2.05, 4.69) is 44.6 Å². The third-order valence-electron chi connectivity index (χ3n) is 6.45. The Morgan fingerprint density at radius 3 is 2.71 bits per heavy atom. The van der Waals surface area contributed by atoms with Gasteiger partial charge in [0, 0.05) is 25.8 Å². The molecule has 0 atom stereocenters. The van der Waals surface area contributed by atoms with Crippen molar-refractivity contribution in [3.05, 3.63) is 63.3 Å². The maximum Gasteiger partial charge on any atom is 0.290 e. The summed E-state index contributed by atoms with van der Waals surface area (Å²) in [5.74, 6) is 0.867. The number of Topliss-reactive ketones (excluding diaryl/α,β-unsaturated/α-hetero) is 1. The largest absolute Gasteiger partial charge is 0.341 e. The van der Waals surface area contributed by atoms with Crippen molar-refractivity contribution in [3.8, 4) is 10.6 Å². The Morgan fingerprint density at radius 1 is 1.18 bits per heavy atom. The summed E-state index contributed by atoms with van der Waals surface area (Å²) in [5.41, 5.74) is 3.65. The van der Waals surface area contributed by atoms with Crippen LogP contribution in [-0.4, -0.2) is 51.5 Å². The van der Waals surface area contributed by atoms with Gasteiger partial charge in [0.2, 0.25) is 5.95 Å². The van der Waals surface area contributed by atoms with Crippen molar-refractivity contribution >= 4 is 52.1 Å². The minimum absolute atomic E-state index is 0.0772. The first-order valence-corrected chi connectivity index (χ1v) is 14.1. The molecule has 2 amide bonds. The maximum atomic E-state index is 11.8. The van der Waals surface area contributed by atoms with Crippen molar-refractivity contribution in [2.75, 3.05) is 24.5 Å². The zero-order chi connectivity index (χ0) is 26.6. The molecule has 38 heavy (non-hydrogen) atoms. The van der Waals surface area contributed by atoms with E-state index in [9.17, 15) is 14.4 Å². The van der Waals surface area contributed by atoms with Crippen molar-refractivity contribution in [3.63, 3.8) is 0 Å². The Hall–Kier alpha value is -3.41. The Morgan fingerprint density at radius 2 is 2.00 bits per heavy atom. The molecule has 2 aliphatic heterocycles. The summed E-state index contributed by atoms with van der Waals surface area (Å²) in [4.78, 5) is 53.0. The van der Waals surface area contributed by atoms with Crippen molar-refractivity contribution in [2.45, 2.75) is 33.2 Å². The number of anilines is 1. The number of pyridine rings is 1. The maximum absolute atomic E-state index is 11.8. The van der Waals surface area contributed by atoms with Crippen LogP contribution in [0.25, 0.3) is 16.6 Å². The molecule has 9 nitrogen and oxygen atoms in total. The van der Waals surface area contributed by atoms with E-state index in [0.717, 1.165) is 70.9 Å². The van der Waals surface area contributed by atoms with Gasteiger partial charge in [-0.15, -0.1) is 11.3 Å². The number of amides is 2. The fraction of sp³-hybridized carbons (Fsp3) is 0.333. The SMILES string of the molecule is CC(=O)c1ccc(-c2cc(C)cc(CNCC3CCN(c4nccc(/C=C5/SC(=O)NC5=O)n4)CC3)n2)s1. The van der Waals surface area contributed by atoms with Gasteiger partial charge in [-0.2, -0.15) is 0 Å². The van der Waals surface area contributed by atoms with Crippen LogP contribution in [0.4, 0.5) is 10.7 Å². The summed E-state index contributed by atoms with van der Waals surface area (Å²) in [7, 11) is 0. The number of imide groups is 1. The normalized spacial score (nSPS) is 17.3. The number of hydrogen-bond donors (Lipinski definition) is 2. The van der Waals surface area contributed by atoms with E-state index in [4.69, 9.17) is 4.98 Å². The average Bonchev–Trinajstić information content (AvgIpc) is 3.51. The number of carbonyl (C=O) groups excluding carboxylic acids is 3. The fourth-order valence-corrected chi connectivity index (χ4v) is 6.04. The third kappa shape index (κ3) is 6.35. The minimum atomic E-state index is -0.390. The van der Waals surface area contributed by atoms with Gasteiger partial charge < -0.3 is 10.2 Å². The number of rotatable bonds is 8. The molecule has 3 aromatic heterocycles. The topological polar surface area (TPSA) is 117 Å². The van der Waals surface area contributed by atoms with Crippen LogP contribution < -0.4 is 15.5 Å². The molecule has 2 N–H and O–H groups in total. The van der Waals surface area contributed by atoms with E-state index in [-0.39, 0.29) is 16.9 Å². The van der Waals surface area contributed by atoms with Crippen molar-refractivity contribution in [1.29, 1.82) is 0 Å². The molecular formula is C27H28N6O3S2. The van der Waals surface area contributed by atoms with Crippen LogP contribution in [-0.2, 0) is 11.3 Å². The number of thioether (sulfide) groups is 1. The van der Waals surface area contributed by atoms with Crippen LogP contribution in [0.5, 0.6) is 0 Å². The molecule has 0 saturated carbocycles. The first-order valence-electron chi connectivity index (χ1n) is 12.5. The highest BCUT2D eigenvalue weighted by atomic mass is 32.2. The highest BCUT2D eigenvalue weighted by Gasteiger charge is 2.26. The number of ketones is 1. The Kier molecular flexibility index (Phi) is 7.96. The molecule has 0 bridgehead atoms. The summed E-state index contributed by atoms with van der Waals surface area (Å²) in [5, 5.41) is 5.47. The number of aryl methyl sites for hydroxylation is 1. The minimum Gasteiger partial charge on any atom is -0.341 e. The lowest BCUT2D eigenvalue weighted by atomic mass is 9.97. The van der Waals surface area contributed by atoms with E-state index in [0.29, 0.717) is 29.0 Å². The number of carbonyl (C=O) groups is 3. The van der Waals surface area contributed by atoms with Gasteiger partial charge >= 0.3 is 0 Å². The zero-order valence-corrected chi connectivity index (χ0v) is 22.8. The summed E-state index contributed by atoms with van der Waals surface area (Å²) in [6.45, 7) is 6.95. The van der Waals surface area contributed by atoms with Gasteiger partial charge in [0.05, 0.1) is 31.7 Å². The average molecular weight is 549 g/mol. The van der Waals surface area contributed by atoms with Gasteiger partial charge in [-0.25, -0.2) is 9.97 Å². The molecule has 5 heterocycles. The van der Waals surface area contributed by atoms with E-state index >= 15 is 0 Å². The Balaban J connectivity index is 1.13. The molecule has 0 aliphatic carbocycles. The quantitative estimate of drug-likeness (QED) is 0.311. The molecule has 2 saturated heterocycles. The highest BCUT2D eigenvalue weighted by molar-refractivity contribution is 8.18. The van der Waals surface area contributed by atoms with Gasteiger partial charge in [0.25, 0.3) is 11.1 Å². The van der Waals surface area contributed by atoms with Crippen LogP contribution in [0.2, 0.25) is 0 Å². The molecule has 3 aromatic rings. The van der Waals surface area contributed by atoms with E-state index in [1.165, 1.54) is 11.3 Å². The van der Waals surface area contributed by atoms with Crippen LogP contribution in [0.15, 0.2) is 41.4 Å². The second-order valence-electron chi connectivity index (χ2n) is 9.44. The molecule has 0 radical (unpaired) electrons. The zero-order valence-electron chi connectivity index (χ0n) is 21.2. The van der Waals surface area contributed by atoms with Gasteiger partial charge in [-0.3, -0.25) is 24.7 Å². The lowest BCUT2D eigenvalue weighted by Crippen LogP contribution is -2.38. The number of nitrogens with one attached hydrogen (secondary N) is 2. The Bertz CT molecular complexity index is 1410. The second-order valence-corrected chi connectivity index (χ2v) is 11.5. The summed E-state index contributed by atoms with van der Waals surface area (Å²) >= 11 is 2.37. The van der Waals surface area contributed by atoms with E-state index in [1.807, 2.05) is 12.1 Å². The molecular weight excluding hydrogens is 520 g/mol. The van der Waals surface area contributed by atoms with Crippen LogP contribution in [0, 0.1) is 12.8 Å². The fourth-order valence-electron chi connectivity index (χ4n) is 4.51. The smallest absolute Gasteiger partial charge is 0.290 e. The number of nitrogens with zero attached hydrogens (tertiary/aromatic N) is 4. The van der Waals surface area contributed by atoms with Crippen molar-refractivity contribution < 1.29 is 14.4 Å². The molecule has 0 unspecified atom stereocenters. The molecule has 11 heteroatoms. The van der Waals surface area contributed by atoms with Gasteiger partial charge in [-0.1, -0.05) is 0 Å². The number of thiophene rings is 1. The van der Waals surface area contributed by atoms with Crippen molar-refractivity contribution in [2.24, 2.45) is 5.92 Å². The summed E-state index contributed by atoms with van der Waals surface area (Å²) < 4.78 is 0. The van der Waals surface area contributed by atoms with Crippen LogP contribution in [0.3, 0.4) is 0 Å². The first kappa shape index (κ1) is 26.2. The highest BCUT2D eigenvalue weighted by Crippen LogP contribution is 2.28. The summed E-state index contributed by atoms with van der Waals surface area (Å²) in [6, 6.07) is 9.72. The molecule has 0 spiro atoms. The number of piperidine rings is 1.